The second kappa shape index (κ2) is 8.31. The number of methoxy groups -OCH3 is 2. The van der Waals surface area contributed by atoms with Crippen LogP contribution in [-0.2, 0) is 0 Å². The standard InChI is InChI=1S/C21H27N3O3/c1-22(2)9-10-23-11-12-24(20-8-6-5-7-19(20)23)21(25)16-13-17(26-3)15-18(14-16)27-4/h5-8,13-15H,9-12H2,1-4H3. The third-order valence-electron chi connectivity index (χ3n) is 4.77. The maximum absolute atomic E-state index is 13.3. The van der Waals surface area contributed by atoms with Gasteiger partial charge in [-0.2, -0.15) is 0 Å². The molecule has 6 heteroatoms. The van der Waals surface area contributed by atoms with Gasteiger partial charge in [-0.15, -0.1) is 0 Å². The minimum atomic E-state index is -0.0492. The van der Waals surface area contributed by atoms with Gasteiger partial charge >= 0.3 is 0 Å². The lowest BCUT2D eigenvalue weighted by atomic mass is 10.1. The average molecular weight is 369 g/mol. The molecule has 1 aliphatic heterocycles. The lowest BCUT2D eigenvalue weighted by Gasteiger charge is -2.38. The second-order valence-corrected chi connectivity index (χ2v) is 6.84. The molecule has 0 saturated carbocycles. The number of ether oxygens (including phenoxy) is 2. The number of hydrogen-bond acceptors (Lipinski definition) is 5. The SMILES string of the molecule is COc1cc(OC)cc(C(=O)N2CCN(CCN(C)C)c3ccccc32)c1. The highest BCUT2D eigenvalue weighted by Crippen LogP contribution is 2.34. The fraction of sp³-hybridized carbons (Fsp3) is 0.381. The fourth-order valence-electron chi connectivity index (χ4n) is 3.27. The number of hydrogen-bond donors (Lipinski definition) is 0. The summed E-state index contributed by atoms with van der Waals surface area (Å²) in [5, 5.41) is 0. The molecule has 0 spiro atoms. The van der Waals surface area contributed by atoms with Crippen molar-refractivity contribution in [3.63, 3.8) is 0 Å². The van der Waals surface area contributed by atoms with Crippen LogP contribution in [0.15, 0.2) is 42.5 Å². The molecule has 0 aromatic heterocycles. The number of carbonyl (C=O) groups is 1. The maximum atomic E-state index is 13.3. The molecule has 0 N–H and O–H groups in total. The average Bonchev–Trinajstić information content (AvgIpc) is 2.70. The molecular weight excluding hydrogens is 342 g/mol. The number of anilines is 2. The molecule has 1 heterocycles. The van der Waals surface area contributed by atoms with E-state index in [-0.39, 0.29) is 5.91 Å². The van der Waals surface area contributed by atoms with Gasteiger partial charge in [0.15, 0.2) is 0 Å². The van der Waals surface area contributed by atoms with Crippen LogP contribution in [0.2, 0.25) is 0 Å². The zero-order valence-electron chi connectivity index (χ0n) is 16.4. The minimum Gasteiger partial charge on any atom is -0.497 e. The van der Waals surface area contributed by atoms with Crippen LogP contribution in [0.3, 0.4) is 0 Å². The predicted molar refractivity (Wildman–Crippen MR) is 108 cm³/mol. The van der Waals surface area contributed by atoms with E-state index in [1.165, 1.54) is 0 Å². The Morgan fingerprint density at radius 1 is 1.00 bits per heavy atom. The summed E-state index contributed by atoms with van der Waals surface area (Å²) in [5.41, 5.74) is 2.59. The summed E-state index contributed by atoms with van der Waals surface area (Å²) in [5.74, 6) is 1.16. The molecule has 1 amide bonds. The first-order chi connectivity index (χ1) is 13.0. The van der Waals surface area contributed by atoms with E-state index in [1.54, 1.807) is 32.4 Å². The molecule has 0 unspecified atom stereocenters. The van der Waals surface area contributed by atoms with Gasteiger partial charge in [0.25, 0.3) is 5.91 Å². The van der Waals surface area contributed by atoms with E-state index in [0.717, 1.165) is 31.0 Å². The van der Waals surface area contributed by atoms with Crippen LogP contribution in [0.1, 0.15) is 10.4 Å². The molecule has 1 aliphatic rings. The molecule has 0 bridgehead atoms. The Bertz CT molecular complexity index is 785. The molecule has 0 saturated heterocycles. The lowest BCUT2D eigenvalue weighted by molar-refractivity contribution is 0.0986. The number of carbonyl (C=O) groups excluding carboxylic acids is 1. The largest absolute Gasteiger partial charge is 0.497 e. The van der Waals surface area contributed by atoms with Crippen molar-refractivity contribution >= 4 is 17.3 Å². The number of nitrogens with zero attached hydrogens (tertiary/aromatic N) is 3. The Morgan fingerprint density at radius 2 is 1.63 bits per heavy atom. The topological polar surface area (TPSA) is 45.3 Å². The molecule has 0 aliphatic carbocycles. The van der Waals surface area contributed by atoms with Gasteiger partial charge < -0.3 is 24.2 Å². The molecular formula is C21H27N3O3. The summed E-state index contributed by atoms with van der Waals surface area (Å²) in [6, 6.07) is 13.4. The van der Waals surface area contributed by atoms with E-state index in [0.29, 0.717) is 23.6 Å². The Labute approximate surface area is 160 Å². The summed E-state index contributed by atoms with van der Waals surface area (Å²) in [4.78, 5) is 19.6. The van der Waals surface area contributed by atoms with Crippen LogP contribution >= 0.6 is 0 Å². The number of rotatable bonds is 6. The monoisotopic (exact) mass is 369 g/mol. The van der Waals surface area contributed by atoms with Crippen molar-refractivity contribution in [1.82, 2.24) is 4.90 Å². The first-order valence-corrected chi connectivity index (χ1v) is 9.07. The highest BCUT2D eigenvalue weighted by molar-refractivity contribution is 6.08. The van der Waals surface area contributed by atoms with Crippen molar-refractivity contribution < 1.29 is 14.3 Å². The highest BCUT2D eigenvalue weighted by atomic mass is 16.5. The molecule has 6 nitrogen and oxygen atoms in total. The van der Waals surface area contributed by atoms with E-state index in [2.05, 4.69) is 30.0 Å². The zero-order chi connectivity index (χ0) is 19.4. The van der Waals surface area contributed by atoms with E-state index >= 15 is 0 Å². The quantitative estimate of drug-likeness (QED) is 0.783. The summed E-state index contributed by atoms with van der Waals surface area (Å²) in [7, 11) is 7.31. The van der Waals surface area contributed by atoms with Crippen LogP contribution in [0.5, 0.6) is 11.5 Å². The Balaban J connectivity index is 1.91. The molecule has 3 rings (SSSR count). The van der Waals surface area contributed by atoms with Gasteiger partial charge in [-0.25, -0.2) is 0 Å². The first kappa shape index (κ1) is 19.0. The molecule has 27 heavy (non-hydrogen) atoms. The van der Waals surface area contributed by atoms with Gasteiger partial charge in [0.05, 0.1) is 25.6 Å². The molecule has 0 atom stereocenters. The summed E-state index contributed by atoms with van der Waals surface area (Å²) in [6.07, 6.45) is 0. The molecule has 0 fully saturated rings. The highest BCUT2D eigenvalue weighted by Gasteiger charge is 2.27. The third-order valence-corrected chi connectivity index (χ3v) is 4.77. The van der Waals surface area contributed by atoms with Crippen LogP contribution in [0.4, 0.5) is 11.4 Å². The van der Waals surface area contributed by atoms with Crippen molar-refractivity contribution in [2.75, 3.05) is 64.3 Å². The molecule has 2 aromatic rings. The van der Waals surface area contributed by atoms with Gasteiger partial charge in [0.1, 0.15) is 11.5 Å². The van der Waals surface area contributed by atoms with Gasteiger partial charge in [-0.05, 0) is 38.4 Å². The van der Waals surface area contributed by atoms with Crippen molar-refractivity contribution in [2.45, 2.75) is 0 Å². The normalized spacial score (nSPS) is 13.5. The number of likely N-dealkylation sites (N-methyl/N-ethyl adjacent to an activating group) is 1. The van der Waals surface area contributed by atoms with Crippen molar-refractivity contribution in [3.05, 3.63) is 48.0 Å². The van der Waals surface area contributed by atoms with Crippen LogP contribution in [0.25, 0.3) is 0 Å². The second-order valence-electron chi connectivity index (χ2n) is 6.84. The number of amides is 1. The zero-order valence-corrected chi connectivity index (χ0v) is 16.4. The van der Waals surface area contributed by atoms with E-state index in [4.69, 9.17) is 9.47 Å². The van der Waals surface area contributed by atoms with Gasteiger partial charge in [-0.3, -0.25) is 4.79 Å². The fourth-order valence-corrected chi connectivity index (χ4v) is 3.27. The lowest BCUT2D eigenvalue weighted by Crippen LogP contribution is -2.45. The Morgan fingerprint density at radius 3 is 2.22 bits per heavy atom. The maximum Gasteiger partial charge on any atom is 0.258 e. The summed E-state index contributed by atoms with van der Waals surface area (Å²) < 4.78 is 10.6. The van der Waals surface area contributed by atoms with Gasteiger partial charge in [0.2, 0.25) is 0 Å². The predicted octanol–water partition coefficient (Wildman–Crippen LogP) is 2.73. The first-order valence-electron chi connectivity index (χ1n) is 9.07. The smallest absolute Gasteiger partial charge is 0.258 e. The van der Waals surface area contributed by atoms with Crippen molar-refractivity contribution in [1.29, 1.82) is 0 Å². The van der Waals surface area contributed by atoms with Crippen LogP contribution in [0, 0.1) is 0 Å². The Hall–Kier alpha value is -2.73. The van der Waals surface area contributed by atoms with Gasteiger partial charge in [0, 0.05) is 37.8 Å². The van der Waals surface area contributed by atoms with E-state index in [9.17, 15) is 4.79 Å². The Kier molecular flexibility index (Phi) is 5.86. The number of fused-ring (bicyclic) bond motifs is 1. The molecule has 144 valence electrons. The van der Waals surface area contributed by atoms with Crippen LogP contribution in [-0.4, -0.2) is 65.3 Å². The van der Waals surface area contributed by atoms with Crippen LogP contribution < -0.4 is 19.3 Å². The van der Waals surface area contributed by atoms with Gasteiger partial charge in [-0.1, -0.05) is 12.1 Å². The molecule has 0 radical (unpaired) electrons. The number of benzene rings is 2. The summed E-state index contributed by atoms with van der Waals surface area (Å²) >= 11 is 0. The third kappa shape index (κ3) is 4.17. The minimum absolute atomic E-state index is 0.0492. The molecule has 2 aromatic carbocycles. The number of para-hydroxylation sites is 2. The van der Waals surface area contributed by atoms with E-state index < -0.39 is 0 Å². The van der Waals surface area contributed by atoms with E-state index in [1.807, 2.05) is 23.1 Å². The van der Waals surface area contributed by atoms with Crippen molar-refractivity contribution in [2.24, 2.45) is 0 Å². The summed E-state index contributed by atoms with van der Waals surface area (Å²) in [6.45, 7) is 3.34. The van der Waals surface area contributed by atoms with Crippen molar-refractivity contribution in [3.8, 4) is 11.5 Å².